The Morgan fingerprint density at radius 1 is 1.00 bits per heavy atom. The second kappa shape index (κ2) is 9.19. The number of rotatable bonds is 5. The summed E-state index contributed by atoms with van der Waals surface area (Å²) in [5.74, 6) is 0.544. The fourth-order valence-corrected chi connectivity index (χ4v) is 4.50. The molecule has 0 saturated heterocycles. The maximum Gasteiger partial charge on any atom is 0.258 e. The number of allylic oxidation sites excluding steroid dienone is 1. The van der Waals surface area contributed by atoms with E-state index in [1.54, 1.807) is 6.07 Å². The monoisotopic (exact) mass is 470 g/mol. The Balaban J connectivity index is 1.62. The van der Waals surface area contributed by atoms with Crippen LogP contribution < -0.4 is 5.32 Å². The minimum absolute atomic E-state index is 0.319. The van der Waals surface area contributed by atoms with Crippen molar-refractivity contribution in [3.8, 4) is 11.4 Å². The average Bonchev–Trinajstić information content (AvgIpc) is 3.33. The number of nitrogens with one attached hydrogen (secondary N) is 1. The molecule has 4 aromatic rings. The molecule has 0 bridgehead atoms. The van der Waals surface area contributed by atoms with E-state index >= 15 is 0 Å². The van der Waals surface area contributed by atoms with Gasteiger partial charge in [0.2, 0.25) is 5.82 Å². The molecule has 5 rings (SSSR count). The molecule has 170 valence electrons. The summed E-state index contributed by atoms with van der Waals surface area (Å²) in [7, 11) is 0. The molecule has 34 heavy (non-hydrogen) atoms. The molecule has 1 unspecified atom stereocenters. The predicted octanol–water partition coefficient (Wildman–Crippen LogP) is 6.05. The summed E-state index contributed by atoms with van der Waals surface area (Å²) < 4.78 is 19.9. The smallest absolute Gasteiger partial charge is 0.258 e. The van der Waals surface area contributed by atoms with Crippen molar-refractivity contribution >= 4 is 22.9 Å². The van der Waals surface area contributed by atoms with Gasteiger partial charge in [0.15, 0.2) is 5.11 Å². The zero-order valence-corrected chi connectivity index (χ0v) is 19.6. The molecule has 0 fully saturated rings. The van der Waals surface area contributed by atoms with Crippen molar-refractivity contribution in [1.82, 2.24) is 20.4 Å². The molecular weight excluding hydrogens is 447 g/mol. The van der Waals surface area contributed by atoms with Crippen LogP contribution in [0.25, 0.3) is 17.0 Å². The second-order valence-electron chi connectivity index (χ2n) is 8.24. The van der Waals surface area contributed by atoms with Gasteiger partial charge in [0, 0.05) is 11.3 Å². The van der Waals surface area contributed by atoms with Gasteiger partial charge in [-0.05, 0) is 54.9 Å². The summed E-state index contributed by atoms with van der Waals surface area (Å²) in [5, 5.41) is 8.15. The van der Waals surface area contributed by atoms with Crippen LogP contribution in [-0.4, -0.2) is 20.2 Å². The Morgan fingerprint density at radius 3 is 2.53 bits per heavy atom. The molecule has 3 aromatic carbocycles. The molecule has 2 heterocycles. The maximum atomic E-state index is 14.1. The van der Waals surface area contributed by atoms with Gasteiger partial charge in [-0.15, -0.1) is 0 Å². The second-order valence-corrected chi connectivity index (χ2v) is 8.63. The molecule has 1 aliphatic rings. The highest BCUT2D eigenvalue weighted by molar-refractivity contribution is 7.80. The van der Waals surface area contributed by atoms with Crippen LogP contribution in [0.15, 0.2) is 89.1 Å². The minimum atomic E-state index is -0.430. The minimum Gasteiger partial charge on any atom is -0.351 e. The number of hydrogen-bond donors (Lipinski definition) is 1. The Bertz CT molecular complexity index is 1380. The molecule has 1 aliphatic heterocycles. The first-order valence-corrected chi connectivity index (χ1v) is 11.4. The van der Waals surface area contributed by atoms with Gasteiger partial charge in [0.1, 0.15) is 5.82 Å². The molecule has 0 radical (unpaired) electrons. The van der Waals surface area contributed by atoms with Crippen LogP contribution >= 0.6 is 12.2 Å². The summed E-state index contributed by atoms with van der Waals surface area (Å²) in [6, 6.07) is 23.9. The van der Waals surface area contributed by atoms with Gasteiger partial charge in [-0.25, -0.2) is 4.39 Å². The van der Waals surface area contributed by atoms with E-state index in [1.165, 1.54) is 17.7 Å². The van der Waals surface area contributed by atoms with Crippen LogP contribution in [0.2, 0.25) is 0 Å². The van der Waals surface area contributed by atoms with Crippen molar-refractivity contribution in [2.45, 2.75) is 26.4 Å². The Labute approximate surface area is 202 Å². The molecule has 0 saturated carbocycles. The zero-order valence-electron chi connectivity index (χ0n) is 18.8. The van der Waals surface area contributed by atoms with E-state index in [2.05, 4.69) is 29.5 Å². The third kappa shape index (κ3) is 4.22. The summed E-state index contributed by atoms with van der Waals surface area (Å²) >= 11 is 5.76. The highest BCUT2D eigenvalue weighted by Crippen LogP contribution is 2.38. The fourth-order valence-electron chi connectivity index (χ4n) is 4.18. The summed E-state index contributed by atoms with van der Waals surface area (Å²) in [6.45, 7) is 4.65. The highest BCUT2D eigenvalue weighted by atomic mass is 32.1. The maximum absolute atomic E-state index is 14.1. The van der Waals surface area contributed by atoms with Crippen LogP contribution in [-0.2, 0) is 6.54 Å². The summed E-state index contributed by atoms with van der Waals surface area (Å²) in [4.78, 5) is 6.72. The van der Waals surface area contributed by atoms with E-state index < -0.39 is 6.04 Å². The fraction of sp³-hybridized carbons (Fsp3) is 0.148. The van der Waals surface area contributed by atoms with Gasteiger partial charge >= 0.3 is 0 Å². The number of benzene rings is 3. The lowest BCUT2D eigenvalue weighted by Gasteiger charge is -2.37. The molecule has 1 N–H and O–H groups in total. The number of thiocarbonyl (C=S) groups is 1. The van der Waals surface area contributed by atoms with Crippen molar-refractivity contribution in [2.24, 2.45) is 0 Å². The first-order chi connectivity index (χ1) is 16.5. The standard InChI is InChI=1S/C27H23FN4OS/c1-17-9-6-7-12-21(17)16-32-18(2)23(24(29-27(32)34)20-13-8-14-22(28)15-20)26-30-25(31-33-26)19-10-4-3-5-11-19/h3-15,24H,16H2,1-2H3,(H,29,34). The van der Waals surface area contributed by atoms with Gasteiger partial charge in [-0.1, -0.05) is 71.9 Å². The van der Waals surface area contributed by atoms with Gasteiger partial charge in [0.25, 0.3) is 5.89 Å². The summed E-state index contributed by atoms with van der Waals surface area (Å²) in [6.07, 6.45) is 0. The van der Waals surface area contributed by atoms with E-state index in [9.17, 15) is 4.39 Å². The Hall–Kier alpha value is -3.84. The molecule has 0 aliphatic carbocycles. The SMILES string of the molecule is CC1=C(c2nc(-c3ccccc3)no2)C(c2cccc(F)c2)NC(=S)N1Cc1ccccc1C. The quantitative estimate of drug-likeness (QED) is 0.359. The molecule has 5 nitrogen and oxygen atoms in total. The van der Waals surface area contributed by atoms with Gasteiger partial charge < -0.3 is 14.7 Å². The molecular formula is C27H23FN4OS. The molecule has 0 spiro atoms. The van der Waals surface area contributed by atoms with Crippen molar-refractivity contribution in [3.05, 3.63) is 113 Å². The van der Waals surface area contributed by atoms with Crippen molar-refractivity contribution in [3.63, 3.8) is 0 Å². The van der Waals surface area contributed by atoms with Gasteiger partial charge in [0.05, 0.1) is 18.2 Å². The van der Waals surface area contributed by atoms with Crippen LogP contribution in [0.3, 0.4) is 0 Å². The van der Waals surface area contributed by atoms with E-state index in [0.717, 1.165) is 28.0 Å². The lowest BCUT2D eigenvalue weighted by molar-refractivity contribution is 0.396. The largest absolute Gasteiger partial charge is 0.351 e. The number of nitrogens with zero attached hydrogens (tertiary/aromatic N) is 3. The lowest BCUT2D eigenvalue weighted by Crippen LogP contribution is -2.45. The van der Waals surface area contributed by atoms with Gasteiger partial charge in [-0.2, -0.15) is 4.98 Å². The molecule has 1 aromatic heterocycles. The Kier molecular flexibility index (Phi) is 5.94. The van der Waals surface area contributed by atoms with Crippen LogP contribution in [0.4, 0.5) is 4.39 Å². The van der Waals surface area contributed by atoms with E-state index in [1.807, 2.05) is 60.4 Å². The average molecular weight is 471 g/mol. The Morgan fingerprint density at radius 2 is 1.76 bits per heavy atom. The van der Waals surface area contributed by atoms with Crippen molar-refractivity contribution in [1.29, 1.82) is 0 Å². The molecule has 0 amide bonds. The van der Waals surface area contributed by atoms with Crippen LogP contribution in [0.5, 0.6) is 0 Å². The van der Waals surface area contributed by atoms with Crippen molar-refractivity contribution in [2.75, 3.05) is 0 Å². The van der Waals surface area contributed by atoms with Gasteiger partial charge in [-0.3, -0.25) is 0 Å². The predicted molar refractivity (Wildman–Crippen MR) is 134 cm³/mol. The third-order valence-electron chi connectivity index (χ3n) is 6.06. The number of aromatic nitrogens is 2. The van der Waals surface area contributed by atoms with Crippen molar-refractivity contribution < 1.29 is 8.91 Å². The van der Waals surface area contributed by atoms with E-state index in [0.29, 0.717) is 23.4 Å². The summed E-state index contributed by atoms with van der Waals surface area (Å²) in [5.41, 5.74) is 5.56. The number of hydrogen-bond acceptors (Lipinski definition) is 4. The topological polar surface area (TPSA) is 54.2 Å². The van der Waals surface area contributed by atoms with Crippen LogP contribution in [0, 0.1) is 12.7 Å². The zero-order chi connectivity index (χ0) is 23.7. The molecule has 7 heteroatoms. The number of aryl methyl sites for hydroxylation is 1. The molecule has 1 atom stereocenters. The van der Waals surface area contributed by atoms with E-state index in [4.69, 9.17) is 21.7 Å². The highest BCUT2D eigenvalue weighted by Gasteiger charge is 2.34. The first-order valence-electron chi connectivity index (χ1n) is 11.0. The third-order valence-corrected chi connectivity index (χ3v) is 6.39. The number of halogens is 1. The van der Waals surface area contributed by atoms with Crippen LogP contribution in [0.1, 0.15) is 35.5 Å². The first kappa shape index (κ1) is 22.0. The van der Waals surface area contributed by atoms with E-state index in [-0.39, 0.29) is 5.82 Å². The lowest BCUT2D eigenvalue weighted by atomic mass is 9.94. The normalized spacial score (nSPS) is 16.0.